The number of fused-ring (bicyclic) bond motifs is 3. The van der Waals surface area contributed by atoms with Crippen molar-refractivity contribution in [2.45, 2.75) is 38.0 Å². The molecule has 0 amide bonds. The van der Waals surface area contributed by atoms with E-state index in [0.717, 1.165) is 56.9 Å². The second-order valence-corrected chi connectivity index (χ2v) is 6.45. The SMILES string of the molecule is O=c1cc2c(n[nH]1)CCN(CCN1CC3CCC(C1)O3)C2. The Morgan fingerprint density at radius 1 is 1.24 bits per heavy atom. The molecule has 1 N–H and O–H groups in total. The largest absolute Gasteiger partial charge is 0.372 e. The molecule has 2 bridgehead atoms. The highest BCUT2D eigenvalue weighted by Crippen LogP contribution is 2.26. The molecule has 0 saturated carbocycles. The van der Waals surface area contributed by atoms with Gasteiger partial charge in [0.05, 0.1) is 17.9 Å². The quantitative estimate of drug-likeness (QED) is 0.848. The highest BCUT2D eigenvalue weighted by atomic mass is 16.5. The summed E-state index contributed by atoms with van der Waals surface area (Å²) in [5.41, 5.74) is 2.04. The number of rotatable bonds is 3. The zero-order valence-corrected chi connectivity index (χ0v) is 12.3. The molecule has 6 nitrogen and oxygen atoms in total. The van der Waals surface area contributed by atoms with Crippen molar-refractivity contribution < 1.29 is 4.74 Å². The zero-order valence-electron chi connectivity index (χ0n) is 12.3. The fraction of sp³-hybridized carbons (Fsp3) is 0.733. The summed E-state index contributed by atoms with van der Waals surface area (Å²) in [7, 11) is 0. The second kappa shape index (κ2) is 5.51. The molecular formula is C15H22N4O2. The molecule has 1 aromatic rings. The minimum atomic E-state index is -0.0969. The summed E-state index contributed by atoms with van der Waals surface area (Å²) in [4.78, 5) is 16.3. The third-order valence-electron chi connectivity index (χ3n) is 4.89. The van der Waals surface area contributed by atoms with E-state index in [2.05, 4.69) is 20.0 Å². The molecular weight excluding hydrogens is 268 g/mol. The lowest BCUT2D eigenvalue weighted by Crippen LogP contribution is -2.46. The fourth-order valence-corrected chi connectivity index (χ4v) is 3.76. The van der Waals surface area contributed by atoms with Gasteiger partial charge in [0.2, 0.25) is 0 Å². The molecule has 1 aromatic heterocycles. The predicted molar refractivity (Wildman–Crippen MR) is 78.2 cm³/mol. The van der Waals surface area contributed by atoms with Crippen molar-refractivity contribution in [1.82, 2.24) is 20.0 Å². The van der Waals surface area contributed by atoms with Crippen molar-refractivity contribution in [2.75, 3.05) is 32.7 Å². The molecule has 0 aromatic carbocycles. The van der Waals surface area contributed by atoms with E-state index in [4.69, 9.17) is 4.74 Å². The second-order valence-electron chi connectivity index (χ2n) is 6.45. The standard InChI is InChI=1S/C15H22N4O2/c20-15-7-11-8-18(4-3-14(11)16-17-15)5-6-19-9-12-1-2-13(10-19)21-12/h7,12-13H,1-6,8-10H2,(H,17,20). The Balaban J connectivity index is 1.33. The number of aromatic nitrogens is 2. The number of H-pyrrole nitrogens is 1. The fourth-order valence-electron chi connectivity index (χ4n) is 3.76. The van der Waals surface area contributed by atoms with Crippen molar-refractivity contribution in [3.63, 3.8) is 0 Å². The third-order valence-corrected chi connectivity index (χ3v) is 4.89. The zero-order chi connectivity index (χ0) is 14.2. The van der Waals surface area contributed by atoms with Crippen LogP contribution in [0.15, 0.2) is 10.9 Å². The maximum atomic E-state index is 11.4. The molecule has 6 heteroatoms. The first-order valence-corrected chi connectivity index (χ1v) is 7.94. The van der Waals surface area contributed by atoms with Gasteiger partial charge in [-0.15, -0.1) is 0 Å². The summed E-state index contributed by atoms with van der Waals surface area (Å²) in [6.45, 7) is 6.21. The monoisotopic (exact) mass is 290 g/mol. The molecule has 2 fully saturated rings. The maximum Gasteiger partial charge on any atom is 0.264 e. The van der Waals surface area contributed by atoms with Gasteiger partial charge in [0.25, 0.3) is 5.56 Å². The smallest absolute Gasteiger partial charge is 0.264 e. The maximum absolute atomic E-state index is 11.4. The van der Waals surface area contributed by atoms with Gasteiger partial charge in [-0.25, -0.2) is 5.10 Å². The molecule has 0 aliphatic carbocycles. The first kappa shape index (κ1) is 13.4. The Morgan fingerprint density at radius 2 is 2.00 bits per heavy atom. The van der Waals surface area contributed by atoms with Gasteiger partial charge in [0.15, 0.2) is 0 Å². The summed E-state index contributed by atoms with van der Waals surface area (Å²) >= 11 is 0. The summed E-state index contributed by atoms with van der Waals surface area (Å²) in [5.74, 6) is 0. The van der Waals surface area contributed by atoms with Gasteiger partial charge in [-0.1, -0.05) is 0 Å². The van der Waals surface area contributed by atoms with Crippen molar-refractivity contribution in [2.24, 2.45) is 0 Å². The van der Waals surface area contributed by atoms with Crippen LogP contribution in [0.25, 0.3) is 0 Å². The Morgan fingerprint density at radius 3 is 2.81 bits per heavy atom. The van der Waals surface area contributed by atoms with Gasteiger partial charge >= 0.3 is 0 Å². The lowest BCUT2D eigenvalue weighted by Gasteiger charge is -2.34. The van der Waals surface area contributed by atoms with E-state index < -0.39 is 0 Å². The molecule has 3 aliphatic rings. The molecule has 2 atom stereocenters. The number of morpholine rings is 1. The molecule has 2 saturated heterocycles. The van der Waals surface area contributed by atoms with Gasteiger partial charge in [0, 0.05) is 51.8 Å². The lowest BCUT2D eigenvalue weighted by atomic mass is 10.1. The van der Waals surface area contributed by atoms with E-state index in [1.165, 1.54) is 12.8 Å². The van der Waals surface area contributed by atoms with Crippen LogP contribution in [-0.2, 0) is 17.7 Å². The topological polar surface area (TPSA) is 61.5 Å². The summed E-state index contributed by atoms with van der Waals surface area (Å²) in [6.07, 6.45) is 4.32. The average molecular weight is 290 g/mol. The third kappa shape index (κ3) is 2.88. The van der Waals surface area contributed by atoms with E-state index in [-0.39, 0.29) is 5.56 Å². The van der Waals surface area contributed by atoms with Gasteiger partial charge in [0.1, 0.15) is 0 Å². The summed E-state index contributed by atoms with van der Waals surface area (Å²) < 4.78 is 5.88. The first-order chi connectivity index (χ1) is 10.3. The van der Waals surface area contributed by atoms with Gasteiger partial charge in [-0.05, 0) is 18.4 Å². The number of aromatic amines is 1. The molecule has 0 spiro atoms. The van der Waals surface area contributed by atoms with Crippen LogP contribution >= 0.6 is 0 Å². The number of hydrogen-bond donors (Lipinski definition) is 1. The molecule has 0 radical (unpaired) electrons. The molecule has 3 aliphatic heterocycles. The minimum absolute atomic E-state index is 0.0969. The van der Waals surface area contributed by atoms with Crippen LogP contribution in [0.2, 0.25) is 0 Å². The summed E-state index contributed by atoms with van der Waals surface area (Å²) in [5, 5.41) is 6.67. The molecule has 2 unspecified atom stereocenters. The molecule has 4 rings (SSSR count). The Bertz CT molecular complexity index is 561. The first-order valence-electron chi connectivity index (χ1n) is 7.94. The minimum Gasteiger partial charge on any atom is -0.372 e. The van der Waals surface area contributed by atoms with Crippen LogP contribution in [0.3, 0.4) is 0 Å². The summed E-state index contributed by atoms with van der Waals surface area (Å²) in [6, 6.07) is 1.70. The number of nitrogens with one attached hydrogen (secondary N) is 1. The van der Waals surface area contributed by atoms with Crippen molar-refractivity contribution >= 4 is 0 Å². The van der Waals surface area contributed by atoms with Crippen molar-refractivity contribution in [1.29, 1.82) is 0 Å². The average Bonchev–Trinajstić information content (AvgIpc) is 2.83. The predicted octanol–water partition coefficient (Wildman–Crippen LogP) is -0.00880. The molecule has 21 heavy (non-hydrogen) atoms. The van der Waals surface area contributed by atoms with E-state index in [9.17, 15) is 4.79 Å². The highest BCUT2D eigenvalue weighted by Gasteiger charge is 2.33. The normalized spacial score (nSPS) is 29.5. The van der Waals surface area contributed by atoms with Crippen LogP contribution in [0.5, 0.6) is 0 Å². The van der Waals surface area contributed by atoms with Crippen LogP contribution in [0, 0.1) is 0 Å². The van der Waals surface area contributed by atoms with E-state index in [1.54, 1.807) is 6.07 Å². The Labute approximate surface area is 124 Å². The number of hydrogen-bond acceptors (Lipinski definition) is 5. The highest BCUT2D eigenvalue weighted by molar-refractivity contribution is 5.20. The van der Waals surface area contributed by atoms with E-state index >= 15 is 0 Å². The van der Waals surface area contributed by atoms with Crippen molar-refractivity contribution in [3.8, 4) is 0 Å². The van der Waals surface area contributed by atoms with Crippen LogP contribution in [-0.4, -0.2) is 64.9 Å². The van der Waals surface area contributed by atoms with Gasteiger partial charge < -0.3 is 4.74 Å². The molecule has 4 heterocycles. The van der Waals surface area contributed by atoms with Crippen LogP contribution in [0.1, 0.15) is 24.1 Å². The lowest BCUT2D eigenvalue weighted by molar-refractivity contribution is -0.0404. The Kier molecular flexibility index (Phi) is 3.52. The van der Waals surface area contributed by atoms with Gasteiger partial charge in [-0.3, -0.25) is 14.6 Å². The van der Waals surface area contributed by atoms with Crippen LogP contribution < -0.4 is 5.56 Å². The van der Waals surface area contributed by atoms with E-state index in [0.29, 0.717) is 12.2 Å². The Hall–Kier alpha value is -1.24. The number of likely N-dealkylation sites (tertiary alicyclic amines) is 1. The van der Waals surface area contributed by atoms with Gasteiger partial charge in [-0.2, -0.15) is 5.10 Å². The van der Waals surface area contributed by atoms with E-state index in [1.807, 2.05) is 0 Å². The number of ether oxygens (including phenoxy) is 1. The number of nitrogens with zero attached hydrogens (tertiary/aromatic N) is 3. The van der Waals surface area contributed by atoms with Crippen LogP contribution in [0.4, 0.5) is 0 Å². The molecule has 114 valence electrons. The van der Waals surface area contributed by atoms with Crippen molar-refractivity contribution in [3.05, 3.63) is 27.7 Å².